The Bertz CT molecular complexity index is 2510. The van der Waals surface area contributed by atoms with E-state index in [-0.39, 0.29) is 0 Å². The smallest absolute Gasteiger partial charge is 0.0619 e. The number of rotatable bonds is 5. The minimum absolute atomic E-state index is 1.12. The molecule has 1 heterocycles. The highest BCUT2D eigenvalue weighted by atomic mass is 15.1. The predicted molar refractivity (Wildman–Crippen MR) is 196 cm³/mol. The van der Waals surface area contributed by atoms with Gasteiger partial charge in [0.05, 0.1) is 22.4 Å². The van der Waals surface area contributed by atoms with Gasteiger partial charge in [0, 0.05) is 38.3 Å². The maximum Gasteiger partial charge on any atom is 0.0619 e. The van der Waals surface area contributed by atoms with Gasteiger partial charge in [0.1, 0.15) is 0 Å². The lowest BCUT2D eigenvalue weighted by molar-refractivity contribution is 1.20. The molecule has 0 fully saturated rings. The molecular weight excluding hydrogens is 556 g/mol. The molecule has 9 aromatic rings. The van der Waals surface area contributed by atoms with Crippen molar-refractivity contribution in [3.63, 3.8) is 0 Å². The molecule has 216 valence electrons. The van der Waals surface area contributed by atoms with Gasteiger partial charge in [0.25, 0.3) is 0 Å². The van der Waals surface area contributed by atoms with Crippen LogP contribution in [0.4, 0.5) is 17.1 Å². The molecule has 0 aliphatic heterocycles. The fourth-order valence-electron chi connectivity index (χ4n) is 7.09. The molecule has 0 spiro atoms. The lowest BCUT2D eigenvalue weighted by atomic mass is 10.0. The Morgan fingerprint density at radius 2 is 0.957 bits per heavy atom. The summed E-state index contributed by atoms with van der Waals surface area (Å²) in [6.07, 6.45) is 0. The minimum Gasteiger partial charge on any atom is -0.310 e. The van der Waals surface area contributed by atoms with Crippen LogP contribution in [0.1, 0.15) is 0 Å². The summed E-state index contributed by atoms with van der Waals surface area (Å²) in [5.41, 5.74) is 9.43. The molecule has 0 amide bonds. The fraction of sp³-hybridized carbons (Fsp3) is 0. The number of hydrogen-bond acceptors (Lipinski definition) is 1. The third-order valence-corrected chi connectivity index (χ3v) is 9.16. The summed E-state index contributed by atoms with van der Waals surface area (Å²) in [6, 6.07) is 65.6. The molecule has 1 aromatic heterocycles. The van der Waals surface area contributed by atoms with Crippen molar-refractivity contribution in [2.45, 2.75) is 0 Å². The van der Waals surface area contributed by atoms with E-state index < -0.39 is 0 Å². The minimum atomic E-state index is 1.12. The van der Waals surface area contributed by atoms with Crippen molar-refractivity contribution in [3.8, 4) is 16.8 Å². The van der Waals surface area contributed by atoms with Gasteiger partial charge in [-0.1, -0.05) is 140 Å². The van der Waals surface area contributed by atoms with Crippen molar-refractivity contribution in [2.24, 2.45) is 0 Å². The SMILES string of the molecule is c1ccc(-c2ccc(N(c3ccccc3)c3cccc4c(-n5c6ccccc6c6ccc7ccccc7c65)cccc34)cc2)cc1. The first-order valence-electron chi connectivity index (χ1n) is 15.8. The van der Waals surface area contributed by atoms with Crippen LogP contribution in [0.15, 0.2) is 182 Å². The summed E-state index contributed by atoms with van der Waals surface area (Å²) < 4.78 is 2.47. The van der Waals surface area contributed by atoms with E-state index in [1.54, 1.807) is 0 Å². The van der Waals surface area contributed by atoms with Crippen LogP contribution in [-0.2, 0) is 0 Å². The Morgan fingerprint density at radius 1 is 0.348 bits per heavy atom. The fourth-order valence-corrected chi connectivity index (χ4v) is 7.09. The van der Waals surface area contributed by atoms with Gasteiger partial charge in [-0.3, -0.25) is 0 Å². The van der Waals surface area contributed by atoms with Crippen LogP contribution in [0.3, 0.4) is 0 Å². The second-order valence-electron chi connectivity index (χ2n) is 11.8. The third-order valence-electron chi connectivity index (χ3n) is 9.16. The van der Waals surface area contributed by atoms with E-state index in [4.69, 9.17) is 0 Å². The number of benzene rings is 8. The first-order valence-corrected chi connectivity index (χ1v) is 15.8. The summed E-state index contributed by atoms with van der Waals surface area (Å²) >= 11 is 0. The largest absolute Gasteiger partial charge is 0.310 e. The lowest BCUT2D eigenvalue weighted by Crippen LogP contribution is -2.10. The van der Waals surface area contributed by atoms with Gasteiger partial charge in [-0.15, -0.1) is 0 Å². The molecular formula is C44H30N2. The molecule has 2 heteroatoms. The summed E-state index contributed by atoms with van der Waals surface area (Å²) in [5.74, 6) is 0. The summed E-state index contributed by atoms with van der Waals surface area (Å²) in [4.78, 5) is 2.38. The molecule has 0 saturated heterocycles. The van der Waals surface area contributed by atoms with Crippen molar-refractivity contribution >= 4 is 60.4 Å². The second kappa shape index (κ2) is 10.8. The van der Waals surface area contributed by atoms with Gasteiger partial charge in [0.2, 0.25) is 0 Å². The van der Waals surface area contributed by atoms with E-state index in [2.05, 4.69) is 191 Å². The van der Waals surface area contributed by atoms with Crippen LogP contribution >= 0.6 is 0 Å². The number of hydrogen-bond donors (Lipinski definition) is 0. The zero-order valence-electron chi connectivity index (χ0n) is 25.2. The van der Waals surface area contributed by atoms with Crippen molar-refractivity contribution in [1.82, 2.24) is 4.57 Å². The standard InChI is InChI=1S/C44H30N2/c1-3-13-31(14-4-1)32-25-28-35(29-26-32)45(34-16-5-2-6-17-34)41-23-11-21-38-37(41)20-12-24-43(38)46-42-22-10-9-19-39(42)40-30-27-33-15-7-8-18-36(33)44(40)46/h1-30H. The Balaban J connectivity index is 1.29. The zero-order valence-corrected chi connectivity index (χ0v) is 25.2. The number of para-hydroxylation sites is 2. The Hall–Kier alpha value is -6.12. The average molecular weight is 587 g/mol. The van der Waals surface area contributed by atoms with Crippen molar-refractivity contribution < 1.29 is 0 Å². The molecule has 0 bridgehead atoms. The molecule has 0 aliphatic rings. The second-order valence-corrected chi connectivity index (χ2v) is 11.8. The molecule has 0 aliphatic carbocycles. The topological polar surface area (TPSA) is 8.17 Å². The predicted octanol–water partition coefficient (Wildman–Crippen LogP) is 12.2. The van der Waals surface area contributed by atoms with E-state index >= 15 is 0 Å². The van der Waals surface area contributed by atoms with Crippen LogP contribution in [-0.4, -0.2) is 4.57 Å². The average Bonchev–Trinajstić information content (AvgIpc) is 3.47. The Morgan fingerprint density at radius 3 is 1.78 bits per heavy atom. The molecule has 0 unspecified atom stereocenters. The van der Waals surface area contributed by atoms with E-state index in [9.17, 15) is 0 Å². The lowest BCUT2D eigenvalue weighted by Gasteiger charge is -2.27. The maximum atomic E-state index is 2.47. The maximum absolute atomic E-state index is 2.47. The van der Waals surface area contributed by atoms with Gasteiger partial charge in [-0.05, 0) is 59.0 Å². The molecule has 0 radical (unpaired) electrons. The van der Waals surface area contributed by atoms with Crippen LogP contribution in [0.5, 0.6) is 0 Å². The van der Waals surface area contributed by atoms with Gasteiger partial charge in [-0.25, -0.2) is 0 Å². The summed E-state index contributed by atoms with van der Waals surface area (Å²) in [5, 5.41) is 7.44. The first kappa shape index (κ1) is 26.3. The molecule has 0 saturated carbocycles. The molecule has 9 rings (SSSR count). The van der Waals surface area contributed by atoms with Crippen LogP contribution < -0.4 is 4.90 Å². The number of fused-ring (bicyclic) bond motifs is 6. The molecule has 2 nitrogen and oxygen atoms in total. The summed E-state index contributed by atoms with van der Waals surface area (Å²) in [7, 11) is 0. The highest BCUT2D eigenvalue weighted by Crippen LogP contribution is 2.43. The van der Waals surface area contributed by atoms with Gasteiger partial charge in [-0.2, -0.15) is 0 Å². The Kier molecular flexibility index (Phi) is 6.17. The van der Waals surface area contributed by atoms with Crippen LogP contribution in [0, 0.1) is 0 Å². The van der Waals surface area contributed by atoms with Gasteiger partial charge < -0.3 is 9.47 Å². The van der Waals surface area contributed by atoms with Gasteiger partial charge in [0.15, 0.2) is 0 Å². The molecule has 46 heavy (non-hydrogen) atoms. The summed E-state index contributed by atoms with van der Waals surface area (Å²) in [6.45, 7) is 0. The number of nitrogens with zero attached hydrogens (tertiary/aromatic N) is 2. The highest BCUT2D eigenvalue weighted by molar-refractivity contribution is 6.19. The molecule has 0 N–H and O–H groups in total. The highest BCUT2D eigenvalue weighted by Gasteiger charge is 2.19. The van der Waals surface area contributed by atoms with E-state index in [1.807, 2.05) is 0 Å². The first-order chi connectivity index (χ1) is 22.8. The van der Waals surface area contributed by atoms with Crippen molar-refractivity contribution in [3.05, 3.63) is 182 Å². The zero-order chi connectivity index (χ0) is 30.5. The third kappa shape index (κ3) is 4.19. The van der Waals surface area contributed by atoms with Crippen molar-refractivity contribution in [2.75, 3.05) is 4.90 Å². The van der Waals surface area contributed by atoms with Gasteiger partial charge >= 0.3 is 0 Å². The quantitative estimate of drug-likeness (QED) is 0.195. The monoisotopic (exact) mass is 586 g/mol. The van der Waals surface area contributed by atoms with E-state index in [1.165, 1.54) is 60.2 Å². The van der Waals surface area contributed by atoms with E-state index in [0.717, 1.165) is 17.1 Å². The van der Waals surface area contributed by atoms with Crippen LogP contribution in [0.25, 0.3) is 60.2 Å². The number of aromatic nitrogens is 1. The van der Waals surface area contributed by atoms with E-state index in [0.29, 0.717) is 0 Å². The van der Waals surface area contributed by atoms with Crippen molar-refractivity contribution in [1.29, 1.82) is 0 Å². The number of anilines is 3. The van der Waals surface area contributed by atoms with Crippen LogP contribution in [0.2, 0.25) is 0 Å². The normalized spacial score (nSPS) is 11.5. The molecule has 8 aromatic carbocycles. The Labute approximate surface area is 268 Å². The molecule has 0 atom stereocenters.